The van der Waals surface area contributed by atoms with E-state index in [1.807, 2.05) is 0 Å². The van der Waals surface area contributed by atoms with Crippen LogP contribution in [0.3, 0.4) is 0 Å². The number of esters is 1. The van der Waals surface area contributed by atoms with E-state index in [0.717, 1.165) is 24.3 Å². The monoisotopic (exact) mass is 483 g/mol. The van der Waals surface area contributed by atoms with Crippen molar-refractivity contribution in [3.05, 3.63) is 58.1 Å². The minimum absolute atomic E-state index is 0.0204. The van der Waals surface area contributed by atoms with Crippen molar-refractivity contribution in [3.63, 3.8) is 0 Å². The van der Waals surface area contributed by atoms with E-state index in [1.165, 1.54) is 25.3 Å². The Morgan fingerprint density at radius 3 is 2.41 bits per heavy atom. The molecule has 0 aromatic heterocycles. The van der Waals surface area contributed by atoms with E-state index in [2.05, 4.69) is 10.6 Å². The lowest BCUT2D eigenvalue weighted by molar-refractivity contribution is -0.383. The number of carbonyl (C=O) groups is 3. The van der Waals surface area contributed by atoms with Crippen LogP contribution < -0.4 is 15.4 Å². The van der Waals surface area contributed by atoms with E-state index in [1.54, 1.807) is 0 Å². The highest BCUT2D eigenvalue weighted by molar-refractivity contribution is 5.95. The Hall–Kier alpha value is -4.16. The second-order valence-electron chi connectivity index (χ2n) is 6.83. The third-order valence-electron chi connectivity index (χ3n) is 4.30. The van der Waals surface area contributed by atoms with Gasteiger partial charge in [0.15, 0.2) is 6.61 Å². The molecule has 0 atom stereocenters. The highest BCUT2D eigenvalue weighted by atomic mass is 19.4. The van der Waals surface area contributed by atoms with Crippen molar-refractivity contribution in [2.75, 3.05) is 24.4 Å². The third-order valence-corrected chi connectivity index (χ3v) is 4.30. The summed E-state index contributed by atoms with van der Waals surface area (Å²) in [5.74, 6) is -1.97. The molecule has 0 unspecified atom stereocenters. The Labute approximate surface area is 191 Å². The molecular weight excluding hydrogens is 463 g/mol. The van der Waals surface area contributed by atoms with Crippen LogP contribution in [0.25, 0.3) is 0 Å². The molecule has 2 aromatic carbocycles. The number of hydrogen-bond donors (Lipinski definition) is 2. The quantitative estimate of drug-likeness (QED) is 0.297. The van der Waals surface area contributed by atoms with Crippen LogP contribution >= 0.6 is 0 Å². The lowest BCUT2D eigenvalue weighted by atomic mass is 10.2. The first-order chi connectivity index (χ1) is 16.0. The van der Waals surface area contributed by atoms with Crippen LogP contribution in [0.4, 0.5) is 30.2 Å². The number of alkyl halides is 3. The zero-order chi connectivity index (χ0) is 25.3. The molecule has 2 rings (SSSR count). The maximum atomic E-state index is 12.7. The average molecular weight is 483 g/mol. The summed E-state index contributed by atoms with van der Waals surface area (Å²) in [6.07, 6.45) is -4.93. The van der Waals surface area contributed by atoms with Gasteiger partial charge in [-0.3, -0.25) is 24.5 Å². The smallest absolute Gasteiger partial charge is 0.416 e. The minimum atomic E-state index is -4.55. The number of nitrogens with one attached hydrogen (secondary N) is 2. The second kappa shape index (κ2) is 11.6. The highest BCUT2D eigenvalue weighted by Gasteiger charge is 2.30. The number of methoxy groups -OCH3 is 1. The molecule has 10 nitrogen and oxygen atoms in total. The van der Waals surface area contributed by atoms with Gasteiger partial charge in [-0.25, -0.2) is 0 Å². The van der Waals surface area contributed by atoms with Crippen LogP contribution in [0, 0.1) is 10.1 Å². The predicted octanol–water partition coefficient (Wildman–Crippen LogP) is 3.91. The molecule has 2 aromatic rings. The standard InChI is InChI=1S/C21H20F3N3O7/c1-33-15-8-9-17(27(31)32)16(11-15)26-19(29)12-34-20(30)7-3-6-18(28)25-14-5-2-4-13(10-14)21(22,23)24/h2,4-5,8-11H,3,6-7,12H2,1H3,(H,25,28)(H,26,29). The lowest BCUT2D eigenvalue weighted by Crippen LogP contribution is -2.21. The van der Waals surface area contributed by atoms with Gasteiger partial charge in [0.05, 0.1) is 17.6 Å². The summed E-state index contributed by atoms with van der Waals surface area (Å²) in [5.41, 5.74) is -1.47. The molecule has 0 saturated carbocycles. The predicted molar refractivity (Wildman–Crippen MR) is 113 cm³/mol. The number of carbonyl (C=O) groups excluding carboxylic acids is 3. The second-order valence-corrected chi connectivity index (χ2v) is 6.83. The Bertz CT molecular complexity index is 1070. The van der Waals surface area contributed by atoms with Crippen molar-refractivity contribution in [2.45, 2.75) is 25.4 Å². The van der Waals surface area contributed by atoms with Crippen molar-refractivity contribution < 1.29 is 42.0 Å². The first-order valence-electron chi connectivity index (χ1n) is 9.74. The molecule has 2 amide bonds. The molecule has 0 heterocycles. The number of ether oxygens (including phenoxy) is 2. The highest BCUT2D eigenvalue weighted by Crippen LogP contribution is 2.31. The van der Waals surface area contributed by atoms with Crippen molar-refractivity contribution in [3.8, 4) is 5.75 Å². The number of nitro benzene ring substituents is 1. The number of amides is 2. The maximum absolute atomic E-state index is 12.7. The van der Waals surface area contributed by atoms with Gasteiger partial charge in [0.25, 0.3) is 11.6 Å². The summed E-state index contributed by atoms with van der Waals surface area (Å²) in [7, 11) is 1.34. The summed E-state index contributed by atoms with van der Waals surface area (Å²) < 4.78 is 47.9. The Morgan fingerprint density at radius 2 is 1.76 bits per heavy atom. The van der Waals surface area contributed by atoms with E-state index in [0.29, 0.717) is 0 Å². The fourth-order valence-corrected chi connectivity index (χ4v) is 2.70. The number of benzene rings is 2. The van der Waals surface area contributed by atoms with Crippen molar-refractivity contribution >= 4 is 34.8 Å². The summed E-state index contributed by atoms with van der Waals surface area (Å²) >= 11 is 0. The van der Waals surface area contributed by atoms with Crippen molar-refractivity contribution in [2.24, 2.45) is 0 Å². The molecule has 0 aliphatic heterocycles. The van der Waals surface area contributed by atoms with Crippen LogP contribution in [0.1, 0.15) is 24.8 Å². The summed E-state index contributed by atoms with van der Waals surface area (Å²) in [4.78, 5) is 46.0. The van der Waals surface area contributed by atoms with Gasteiger partial charge in [-0.15, -0.1) is 0 Å². The molecule has 2 N–H and O–H groups in total. The normalized spacial score (nSPS) is 10.8. The molecular formula is C21H20F3N3O7. The SMILES string of the molecule is COc1ccc([N+](=O)[O-])c(NC(=O)COC(=O)CCCC(=O)Nc2cccc(C(F)(F)F)c2)c1. The van der Waals surface area contributed by atoms with E-state index in [9.17, 15) is 37.7 Å². The fourth-order valence-electron chi connectivity index (χ4n) is 2.70. The average Bonchev–Trinajstić information content (AvgIpc) is 2.77. The number of hydrogen-bond acceptors (Lipinski definition) is 7. The van der Waals surface area contributed by atoms with Crippen LogP contribution in [0.2, 0.25) is 0 Å². The Balaban J connectivity index is 1.76. The van der Waals surface area contributed by atoms with Crippen LogP contribution in [0.15, 0.2) is 42.5 Å². The summed E-state index contributed by atoms with van der Waals surface area (Å²) in [5, 5.41) is 15.6. The number of halogens is 3. The molecule has 0 spiro atoms. The molecule has 0 radical (unpaired) electrons. The van der Waals surface area contributed by atoms with Gasteiger partial charge in [0.1, 0.15) is 11.4 Å². The third kappa shape index (κ3) is 8.07. The van der Waals surface area contributed by atoms with E-state index in [4.69, 9.17) is 9.47 Å². The van der Waals surface area contributed by atoms with Gasteiger partial charge in [-0.05, 0) is 30.7 Å². The topological polar surface area (TPSA) is 137 Å². The van der Waals surface area contributed by atoms with Crippen molar-refractivity contribution in [1.82, 2.24) is 0 Å². The van der Waals surface area contributed by atoms with Gasteiger partial charge >= 0.3 is 12.1 Å². The first kappa shape index (κ1) is 26.1. The van der Waals surface area contributed by atoms with E-state index >= 15 is 0 Å². The van der Waals surface area contributed by atoms with Gasteiger partial charge in [-0.1, -0.05) is 6.07 Å². The Kier molecular flexibility index (Phi) is 8.93. The minimum Gasteiger partial charge on any atom is -0.497 e. The number of anilines is 2. The summed E-state index contributed by atoms with van der Waals surface area (Å²) in [6.45, 7) is -0.719. The Morgan fingerprint density at radius 1 is 1.03 bits per heavy atom. The molecule has 182 valence electrons. The number of nitrogens with zero attached hydrogens (tertiary/aromatic N) is 1. The van der Waals surface area contributed by atoms with Gasteiger partial charge in [-0.2, -0.15) is 13.2 Å². The molecule has 34 heavy (non-hydrogen) atoms. The largest absolute Gasteiger partial charge is 0.497 e. The van der Waals surface area contributed by atoms with Gasteiger partial charge in [0.2, 0.25) is 5.91 Å². The molecule has 0 aliphatic carbocycles. The van der Waals surface area contributed by atoms with Crippen molar-refractivity contribution in [1.29, 1.82) is 0 Å². The fraction of sp³-hybridized carbons (Fsp3) is 0.286. The molecule has 0 fully saturated rings. The molecule has 0 aliphatic rings. The van der Waals surface area contributed by atoms with Crippen LogP contribution in [-0.4, -0.2) is 36.4 Å². The lowest BCUT2D eigenvalue weighted by Gasteiger charge is -2.10. The van der Waals surface area contributed by atoms with E-state index in [-0.39, 0.29) is 42.1 Å². The first-order valence-corrected chi connectivity index (χ1v) is 9.74. The molecule has 0 bridgehead atoms. The van der Waals surface area contributed by atoms with Gasteiger partial charge < -0.3 is 20.1 Å². The number of nitro groups is 1. The zero-order valence-electron chi connectivity index (χ0n) is 17.8. The molecule has 0 saturated heterocycles. The van der Waals surface area contributed by atoms with Crippen LogP contribution in [-0.2, 0) is 25.3 Å². The molecule has 13 heteroatoms. The number of rotatable bonds is 10. The maximum Gasteiger partial charge on any atom is 0.416 e. The zero-order valence-corrected chi connectivity index (χ0v) is 17.8. The van der Waals surface area contributed by atoms with E-state index < -0.39 is 41.1 Å². The van der Waals surface area contributed by atoms with Gasteiger partial charge in [0, 0.05) is 30.7 Å². The summed E-state index contributed by atoms with van der Waals surface area (Å²) in [6, 6.07) is 7.84. The van der Waals surface area contributed by atoms with Crippen LogP contribution in [0.5, 0.6) is 5.75 Å².